The van der Waals surface area contributed by atoms with Crippen molar-refractivity contribution < 1.29 is 4.74 Å². The molecule has 1 unspecified atom stereocenters. The van der Waals surface area contributed by atoms with E-state index in [0.29, 0.717) is 11.6 Å². The molecule has 7 heteroatoms. The molecule has 0 radical (unpaired) electrons. The Kier molecular flexibility index (Phi) is 5.60. The summed E-state index contributed by atoms with van der Waals surface area (Å²) in [5.41, 5.74) is 1.95. The number of nitrogens with zero attached hydrogens (tertiary/aromatic N) is 3. The van der Waals surface area contributed by atoms with Crippen LogP contribution in [-0.4, -0.2) is 41.5 Å². The molecule has 0 bridgehead atoms. The fraction of sp³-hybridized carbons (Fsp3) is 0.444. The van der Waals surface area contributed by atoms with Gasteiger partial charge >= 0.3 is 0 Å². The third-order valence-corrected chi connectivity index (χ3v) is 4.59. The molecule has 0 amide bonds. The van der Waals surface area contributed by atoms with Crippen molar-refractivity contribution in [2.45, 2.75) is 31.9 Å². The number of hydrogen-bond donors (Lipinski definition) is 2. The minimum Gasteiger partial charge on any atom is -0.373 e. The van der Waals surface area contributed by atoms with Crippen molar-refractivity contribution in [1.29, 1.82) is 0 Å². The van der Waals surface area contributed by atoms with Crippen LogP contribution in [0.2, 0.25) is 5.02 Å². The summed E-state index contributed by atoms with van der Waals surface area (Å²) >= 11 is 5.92. The van der Waals surface area contributed by atoms with Crippen molar-refractivity contribution in [2.24, 2.45) is 4.99 Å². The van der Waals surface area contributed by atoms with Crippen molar-refractivity contribution in [2.75, 3.05) is 20.2 Å². The second-order valence-electron chi connectivity index (χ2n) is 6.45. The van der Waals surface area contributed by atoms with Crippen LogP contribution in [-0.2, 0) is 11.3 Å². The summed E-state index contributed by atoms with van der Waals surface area (Å²) in [7, 11) is 1.77. The number of rotatable bonds is 5. The molecule has 1 aliphatic rings. The van der Waals surface area contributed by atoms with Gasteiger partial charge in [-0.1, -0.05) is 11.6 Å². The first-order valence-corrected chi connectivity index (χ1v) is 8.84. The Hall–Kier alpha value is -2.05. The maximum Gasteiger partial charge on any atom is 0.191 e. The van der Waals surface area contributed by atoms with Crippen molar-refractivity contribution in [1.82, 2.24) is 20.4 Å². The number of nitrogens with one attached hydrogen (secondary N) is 2. The summed E-state index contributed by atoms with van der Waals surface area (Å²) in [4.78, 5) is 4.27. The van der Waals surface area contributed by atoms with Gasteiger partial charge in [0.05, 0.1) is 17.5 Å². The molecule has 25 heavy (non-hydrogen) atoms. The normalized spacial score (nSPS) is 20.7. The number of guanidine groups is 1. The van der Waals surface area contributed by atoms with Crippen molar-refractivity contribution in [3.8, 4) is 5.69 Å². The van der Waals surface area contributed by atoms with Gasteiger partial charge in [-0.15, -0.1) is 0 Å². The number of aromatic nitrogens is 2. The van der Waals surface area contributed by atoms with Crippen LogP contribution in [0.3, 0.4) is 0 Å². The van der Waals surface area contributed by atoms with Crippen LogP contribution in [0.15, 0.2) is 41.7 Å². The largest absolute Gasteiger partial charge is 0.373 e. The zero-order chi connectivity index (χ0) is 17.7. The molecule has 134 valence electrons. The number of aliphatic imine (C=N–C) groups is 1. The zero-order valence-electron chi connectivity index (χ0n) is 14.6. The molecule has 2 aromatic rings. The smallest absolute Gasteiger partial charge is 0.191 e. The first kappa shape index (κ1) is 17.8. The van der Waals surface area contributed by atoms with Crippen LogP contribution < -0.4 is 10.6 Å². The van der Waals surface area contributed by atoms with Crippen molar-refractivity contribution in [3.05, 3.63) is 47.2 Å². The Morgan fingerprint density at radius 3 is 2.84 bits per heavy atom. The molecule has 1 saturated heterocycles. The molecule has 1 aliphatic heterocycles. The first-order chi connectivity index (χ1) is 12.1. The van der Waals surface area contributed by atoms with Gasteiger partial charge in [0.2, 0.25) is 0 Å². The van der Waals surface area contributed by atoms with Gasteiger partial charge in [0, 0.05) is 43.5 Å². The minimum absolute atomic E-state index is 0.100. The van der Waals surface area contributed by atoms with Crippen molar-refractivity contribution in [3.63, 3.8) is 0 Å². The van der Waals surface area contributed by atoms with Gasteiger partial charge in [-0.25, -0.2) is 4.68 Å². The highest BCUT2D eigenvalue weighted by atomic mass is 35.5. The number of ether oxygens (including phenoxy) is 1. The Morgan fingerprint density at radius 2 is 2.16 bits per heavy atom. The van der Waals surface area contributed by atoms with Crippen LogP contribution in [0.5, 0.6) is 0 Å². The summed E-state index contributed by atoms with van der Waals surface area (Å²) in [6, 6.07) is 7.59. The van der Waals surface area contributed by atoms with E-state index < -0.39 is 0 Å². The molecule has 1 aromatic heterocycles. The molecular formula is C18H24ClN5O. The van der Waals surface area contributed by atoms with Crippen LogP contribution >= 0.6 is 11.6 Å². The summed E-state index contributed by atoms with van der Waals surface area (Å²) in [5, 5.41) is 11.8. The summed E-state index contributed by atoms with van der Waals surface area (Å²) < 4.78 is 7.62. The van der Waals surface area contributed by atoms with E-state index in [1.54, 1.807) is 7.05 Å². The molecule has 2 heterocycles. The van der Waals surface area contributed by atoms with Crippen LogP contribution in [0.1, 0.15) is 25.3 Å². The maximum absolute atomic E-state index is 5.92. The van der Waals surface area contributed by atoms with Crippen LogP contribution in [0.25, 0.3) is 5.69 Å². The van der Waals surface area contributed by atoms with E-state index in [1.165, 1.54) is 0 Å². The quantitative estimate of drug-likeness (QED) is 0.635. The topological polar surface area (TPSA) is 63.5 Å². The molecule has 2 N–H and O–H groups in total. The Bertz CT molecular complexity index is 719. The Balaban J connectivity index is 1.53. The van der Waals surface area contributed by atoms with Gasteiger partial charge < -0.3 is 15.4 Å². The molecule has 1 atom stereocenters. The summed E-state index contributed by atoms with van der Waals surface area (Å²) in [6.07, 6.45) is 6.03. The minimum atomic E-state index is -0.100. The Labute approximate surface area is 153 Å². The predicted molar refractivity (Wildman–Crippen MR) is 100 cm³/mol. The lowest BCUT2D eigenvalue weighted by Gasteiger charge is -2.24. The summed E-state index contributed by atoms with van der Waals surface area (Å²) in [6.45, 7) is 4.37. The highest BCUT2D eigenvalue weighted by molar-refractivity contribution is 6.30. The molecule has 1 aromatic carbocycles. The molecule has 3 rings (SSSR count). The zero-order valence-corrected chi connectivity index (χ0v) is 15.4. The molecule has 0 saturated carbocycles. The SMILES string of the molecule is CN=C(NCc1cnn(-c2ccc(Cl)cc2)c1)NCC1(C)CCCO1. The first-order valence-electron chi connectivity index (χ1n) is 8.46. The summed E-state index contributed by atoms with van der Waals surface area (Å²) in [5.74, 6) is 0.760. The third kappa shape index (κ3) is 4.74. The fourth-order valence-electron chi connectivity index (χ4n) is 2.84. The molecule has 0 aliphatic carbocycles. The lowest BCUT2D eigenvalue weighted by Crippen LogP contribution is -2.45. The second kappa shape index (κ2) is 7.89. The van der Waals surface area contributed by atoms with E-state index in [-0.39, 0.29) is 5.60 Å². The molecule has 6 nitrogen and oxygen atoms in total. The number of halogens is 1. The van der Waals surface area contributed by atoms with Crippen LogP contribution in [0, 0.1) is 0 Å². The van der Waals surface area contributed by atoms with E-state index in [9.17, 15) is 0 Å². The van der Waals surface area contributed by atoms with Gasteiger partial charge in [0.15, 0.2) is 5.96 Å². The molecule has 0 spiro atoms. The monoisotopic (exact) mass is 361 g/mol. The van der Waals surface area contributed by atoms with Gasteiger partial charge in [-0.2, -0.15) is 5.10 Å². The standard InChI is InChI=1S/C18H24ClN5O/c1-18(8-3-9-25-18)13-22-17(20-2)21-10-14-11-23-24(12-14)16-6-4-15(19)5-7-16/h4-7,11-12H,3,8-10,13H2,1-2H3,(H2,20,21,22). The fourth-order valence-corrected chi connectivity index (χ4v) is 2.97. The van der Waals surface area contributed by atoms with Crippen molar-refractivity contribution >= 4 is 17.6 Å². The van der Waals surface area contributed by atoms with Gasteiger partial charge in [-0.3, -0.25) is 4.99 Å². The molecular weight excluding hydrogens is 338 g/mol. The van der Waals surface area contributed by atoms with Gasteiger partial charge in [0.25, 0.3) is 0 Å². The van der Waals surface area contributed by atoms with E-state index >= 15 is 0 Å². The number of hydrogen-bond acceptors (Lipinski definition) is 3. The lowest BCUT2D eigenvalue weighted by atomic mass is 10.0. The lowest BCUT2D eigenvalue weighted by molar-refractivity contribution is 0.0243. The van der Waals surface area contributed by atoms with E-state index in [0.717, 1.165) is 43.2 Å². The Morgan fingerprint density at radius 1 is 1.36 bits per heavy atom. The average Bonchev–Trinajstić information content (AvgIpc) is 3.25. The number of benzene rings is 1. The van der Waals surface area contributed by atoms with E-state index in [2.05, 4.69) is 27.6 Å². The maximum atomic E-state index is 5.92. The van der Waals surface area contributed by atoms with E-state index in [4.69, 9.17) is 16.3 Å². The third-order valence-electron chi connectivity index (χ3n) is 4.34. The predicted octanol–water partition coefficient (Wildman–Crippen LogP) is 2.76. The second-order valence-corrected chi connectivity index (χ2v) is 6.89. The van der Waals surface area contributed by atoms with E-state index in [1.807, 2.05) is 41.3 Å². The average molecular weight is 362 g/mol. The highest BCUT2D eigenvalue weighted by Crippen LogP contribution is 2.23. The highest BCUT2D eigenvalue weighted by Gasteiger charge is 2.29. The van der Waals surface area contributed by atoms with Crippen LogP contribution in [0.4, 0.5) is 0 Å². The molecule has 1 fully saturated rings. The van der Waals surface area contributed by atoms with Gasteiger partial charge in [0.1, 0.15) is 0 Å². The van der Waals surface area contributed by atoms with Gasteiger partial charge in [-0.05, 0) is 44.0 Å².